The average molecular weight is 258 g/mol. The number of hydrogen-bond acceptors (Lipinski definition) is 2. The van der Waals surface area contributed by atoms with Crippen LogP contribution < -0.4 is 0 Å². The number of nitrogens with zero attached hydrogens (tertiary/aromatic N) is 2. The maximum absolute atomic E-state index is 10.4. The zero-order valence-electron chi connectivity index (χ0n) is 12.0. The second-order valence-corrected chi connectivity index (χ2v) is 4.93. The molecule has 0 amide bonds. The Kier molecular flexibility index (Phi) is 4.25. The van der Waals surface area contributed by atoms with E-state index >= 15 is 0 Å². The molecule has 2 rings (SSSR count). The number of unbranched alkanes of at least 4 members (excludes halogenated alkanes) is 1. The summed E-state index contributed by atoms with van der Waals surface area (Å²) in [6.45, 7) is 7.03. The lowest BCUT2D eigenvalue weighted by molar-refractivity contribution is 0.468. The standard InChI is InChI=1S/C16H22N2O/c1-4-6-7-14-16(19)15(18(5-2)17-14)13-10-8-12(3)9-11-13/h8-11,19H,4-7H2,1-3H3. The lowest BCUT2D eigenvalue weighted by atomic mass is 10.1. The molecule has 0 saturated carbocycles. The van der Waals surface area contributed by atoms with Gasteiger partial charge >= 0.3 is 0 Å². The van der Waals surface area contributed by atoms with Crippen LogP contribution in [0.1, 0.15) is 37.9 Å². The minimum Gasteiger partial charge on any atom is -0.504 e. The smallest absolute Gasteiger partial charge is 0.164 e. The molecule has 0 aliphatic carbocycles. The number of aromatic hydroxyl groups is 1. The third-order valence-corrected chi connectivity index (χ3v) is 3.39. The van der Waals surface area contributed by atoms with Crippen molar-refractivity contribution in [2.24, 2.45) is 0 Å². The van der Waals surface area contributed by atoms with Gasteiger partial charge < -0.3 is 5.11 Å². The molecular formula is C16H22N2O. The lowest BCUT2D eigenvalue weighted by Crippen LogP contribution is -1.99. The van der Waals surface area contributed by atoms with Crippen LogP contribution in [0.2, 0.25) is 0 Å². The van der Waals surface area contributed by atoms with Gasteiger partial charge in [0.15, 0.2) is 5.75 Å². The van der Waals surface area contributed by atoms with Gasteiger partial charge in [0, 0.05) is 12.1 Å². The summed E-state index contributed by atoms with van der Waals surface area (Å²) in [6, 6.07) is 8.21. The Morgan fingerprint density at radius 1 is 1.16 bits per heavy atom. The van der Waals surface area contributed by atoms with E-state index in [4.69, 9.17) is 0 Å². The van der Waals surface area contributed by atoms with Crippen molar-refractivity contribution < 1.29 is 5.11 Å². The Balaban J connectivity index is 2.43. The van der Waals surface area contributed by atoms with E-state index < -0.39 is 0 Å². The molecule has 2 aromatic rings. The van der Waals surface area contributed by atoms with Crippen molar-refractivity contribution in [3.63, 3.8) is 0 Å². The highest BCUT2D eigenvalue weighted by molar-refractivity contribution is 5.68. The molecule has 1 N–H and O–H groups in total. The minimum absolute atomic E-state index is 0.346. The molecule has 1 aromatic heterocycles. The van der Waals surface area contributed by atoms with E-state index in [0.717, 1.165) is 42.8 Å². The van der Waals surface area contributed by atoms with Crippen molar-refractivity contribution in [3.05, 3.63) is 35.5 Å². The topological polar surface area (TPSA) is 38.0 Å². The van der Waals surface area contributed by atoms with Crippen LogP contribution in [0, 0.1) is 6.92 Å². The van der Waals surface area contributed by atoms with Crippen LogP contribution in [0.15, 0.2) is 24.3 Å². The molecule has 1 heterocycles. The first-order valence-electron chi connectivity index (χ1n) is 7.03. The van der Waals surface area contributed by atoms with Crippen LogP contribution in [0.25, 0.3) is 11.3 Å². The largest absolute Gasteiger partial charge is 0.504 e. The van der Waals surface area contributed by atoms with Gasteiger partial charge in [-0.2, -0.15) is 5.10 Å². The first-order valence-corrected chi connectivity index (χ1v) is 7.03. The number of aromatic nitrogens is 2. The van der Waals surface area contributed by atoms with Gasteiger partial charge in [-0.25, -0.2) is 0 Å². The molecule has 102 valence electrons. The van der Waals surface area contributed by atoms with Crippen molar-refractivity contribution in [1.29, 1.82) is 0 Å². The van der Waals surface area contributed by atoms with E-state index in [1.807, 2.05) is 23.7 Å². The van der Waals surface area contributed by atoms with E-state index in [2.05, 4.69) is 31.1 Å². The highest BCUT2D eigenvalue weighted by Crippen LogP contribution is 2.33. The third kappa shape index (κ3) is 2.80. The predicted octanol–water partition coefficient (Wildman–Crippen LogP) is 3.93. The fourth-order valence-corrected chi connectivity index (χ4v) is 2.24. The third-order valence-electron chi connectivity index (χ3n) is 3.39. The minimum atomic E-state index is 0.346. The molecule has 0 bridgehead atoms. The summed E-state index contributed by atoms with van der Waals surface area (Å²) in [5.74, 6) is 0.346. The van der Waals surface area contributed by atoms with E-state index in [9.17, 15) is 5.11 Å². The quantitative estimate of drug-likeness (QED) is 0.882. The summed E-state index contributed by atoms with van der Waals surface area (Å²) in [5, 5.41) is 14.9. The molecule has 1 aromatic carbocycles. The number of rotatable bonds is 5. The van der Waals surface area contributed by atoms with Crippen molar-refractivity contribution in [3.8, 4) is 17.0 Å². The summed E-state index contributed by atoms with van der Waals surface area (Å²) < 4.78 is 1.89. The van der Waals surface area contributed by atoms with Gasteiger partial charge in [0.05, 0.1) is 0 Å². The molecule has 0 spiro atoms. The normalized spacial score (nSPS) is 10.9. The second-order valence-electron chi connectivity index (χ2n) is 4.93. The Bertz CT molecular complexity index is 541. The van der Waals surface area contributed by atoms with Crippen LogP contribution >= 0.6 is 0 Å². The first kappa shape index (κ1) is 13.7. The molecule has 0 fully saturated rings. The van der Waals surface area contributed by atoms with Gasteiger partial charge in [0.1, 0.15) is 11.4 Å². The maximum Gasteiger partial charge on any atom is 0.164 e. The Morgan fingerprint density at radius 2 is 1.84 bits per heavy atom. The number of aryl methyl sites for hydroxylation is 3. The van der Waals surface area contributed by atoms with Gasteiger partial charge in [-0.1, -0.05) is 43.2 Å². The van der Waals surface area contributed by atoms with Crippen molar-refractivity contribution in [2.45, 2.75) is 46.6 Å². The molecule has 0 radical (unpaired) electrons. The van der Waals surface area contributed by atoms with Crippen LogP contribution in [0.4, 0.5) is 0 Å². The Hall–Kier alpha value is -1.77. The summed E-state index contributed by atoms with van der Waals surface area (Å²) in [7, 11) is 0. The van der Waals surface area contributed by atoms with Crippen molar-refractivity contribution in [1.82, 2.24) is 9.78 Å². The highest BCUT2D eigenvalue weighted by Gasteiger charge is 2.17. The predicted molar refractivity (Wildman–Crippen MR) is 78.4 cm³/mol. The Labute approximate surface area is 114 Å². The molecular weight excluding hydrogens is 236 g/mol. The average Bonchev–Trinajstić information content (AvgIpc) is 2.74. The van der Waals surface area contributed by atoms with Crippen LogP contribution in [0.3, 0.4) is 0 Å². The van der Waals surface area contributed by atoms with Crippen molar-refractivity contribution in [2.75, 3.05) is 0 Å². The van der Waals surface area contributed by atoms with Gasteiger partial charge in [-0.3, -0.25) is 4.68 Å². The monoisotopic (exact) mass is 258 g/mol. The summed E-state index contributed by atoms with van der Waals surface area (Å²) in [4.78, 5) is 0. The summed E-state index contributed by atoms with van der Waals surface area (Å²) in [6.07, 6.45) is 3.01. The van der Waals surface area contributed by atoms with Crippen LogP contribution in [-0.4, -0.2) is 14.9 Å². The molecule has 19 heavy (non-hydrogen) atoms. The van der Waals surface area contributed by atoms with Crippen LogP contribution in [0.5, 0.6) is 5.75 Å². The van der Waals surface area contributed by atoms with E-state index in [0.29, 0.717) is 5.75 Å². The summed E-state index contributed by atoms with van der Waals surface area (Å²) >= 11 is 0. The van der Waals surface area contributed by atoms with E-state index in [-0.39, 0.29) is 0 Å². The molecule has 0 aliphatic rings. The second kappa shape index (κ2) is 5.91. The Morgan fingerprint density at radius 3 is 2.42 bits per heavy atom. The maximum atomic E-state index is 10.4. The van der Waals surface area contributed by atoms with Gasteiger partial charge in [-0.15, -0.1) is 0 Å². The fourth-order valence-electron chi connectivity index (χ4n) is 2.24. The number of benzene rings is 1. The first-order chi connectivity index (χ1) is 9.17. The highest BCUT2D eigenvalue weighted by atomic mass is 16.3. The molecule has 3 nitrogen and oxygen atoms in total. The zero-order chi connectivity index (χ0) is 13.8. The van der Waals surface area contributed by atoms with Crippen LogP contribution in [-0.2, 0) is 13.0 Å². The zero-order valence-corrected chi connectivity index (χ0v) is 12.0. The van der Waals surface area contributed by atoms with Crippen molar-refractivity contribution >= 4 is 0 Å². The number of hydrogen-bond donors (Lipinski definition) is 1. The van der Waals surface area contributed by atoms with E-state index in [1.165, 1.54) is 5.56 Å². The lowest BCUT2D eigenvalue weighted by Gasteiger charge is -2.05. The molecule has 0 saturated heterocycles. The fraction of sp³-hybridized carbons (Fsp3) is 0.438. The summed E-state index contributed by atoms with van der Waals surface area (Å²) in [5.41, 5.74) is 3.91. The molecule has 0 atom stereocenters. The molecule has 3 heteroatoms. The van der Waals surface area contributed by atoms with Gasteiger partial charge in [-0.05, 0) is 26.7 Å². The van der Waals surface area contributed by atoms with Gasteiger partial charge in [0.2, 0.25) is 0 Å². The van der Waals surface area contributed by atoms with E-state index in [1.54, 1.807) is 0 Å². The molecule has 0 unspecified atom stereocenters. The SMILES string of the molecule is CCCCc1nn(CC)c(-c2ccc(C)cc2)c1O. The van der Waals surface area contributed by atoms with Gasteiger partial charge in [0.25, 0.3) is 0 Å². The molecule has 0 aliphatic heterocycles.